The van der Waals surface area contributed by atoms with Crippen LogP contribution in [0.5, 0.6) is 0 Å². The Bertz CT molecular complexity index is 470. The fourth-order valence-electron chi connectivity index (χ4n) is 2.37. The first-order chi connectivity index (χ1) is 8.50. The predicted molar refractivity (Wildman–Crippen MR) is 66.9 cm³/mol. The second-order valence-electron chi connectivity index (χ2n) is 4.43. The summed E-state index contributed by atoms with van der Waals surface area (Å²) < 4.78 is 5.97. The summed E-state index contributed by atoms with van der Waals surface area (Å²) in [7, 11) is 1.63. The van der Waals surface area contributed by atoms with E-state index < -0.39 is 17.9 Å². The van der Waals surface area contributed by atoms with Gasteiger partial charge in [0.1, 0.15) is 11.8 Å². The van der Waals surface area contributed by atoms with Crippen molar-refractivity contribution in [3.05, 3.63) is 22.6 Å². The molecule has 98 valence electrons. The molecule has 6 heteroatoms. The van der Waals surface area contributed by atoms with Crippen molar-refractivity contribution in [3.8, 4) is 0 Å². The highest BCUT2D eigenvalue weighted by atomic mass is 79.9. The fourth-order valence-corrected chi connectivity index (χ4v) is 2.69. The van der Waals surface area contributed by atoms with E-state index >= 15 is 0 Å². The quantitative estimate of drug-likeness (QED) is 0.909. The third-order valence-electron chi connectivity index (χ3n) is 3.30. The summed E-state index contributed by atoms with van der Waals surface area (Å²) in [6.07, 6.45) is 1.46. The summed E-state index contributed by atoms with van der Waals surface area (Å²) >= 11 is 3.19. The summed E-state index contributed by atoms with van der Waals surface area (Å²) in [6, 6.07) is 2.88. The zero-order valence-corrected chi connectivity index (χ0v) is 11.5. The molecule has 0 aromatic carbocycles. The van der Waals surface area contributed by atoms with Gasteiger partial charge in [-0.05, 0) is 40.9 Å². The van der Waals surface area contributed by atoms with Crippen molar-refractivity contribution in [1.82, 2.24) is 4.90 Å². The number of furan rings is 1. The molecule has 0 saturated carbocycles. The van der Waals surface area contributed by atoms with Crippen molar-refractivity contribution in [3.63, 3.8) is 0 Å². The van der Waals surface area contributed by atoms with E-state index in [0.717, 1.165) is 0 Å². The van der Waals surface area contributed by atoms with Gasteiger partial charge in [-0.25, -0.2) is 0 Å². The largest absolute Gasteiger partial charge is 0.481 e. The molecule has 1 aromatic rings. The van der Waals surface area contributed by atoms with Crippen LogP contribution in [0.25, 0.3) is 0 Å². The van der Waals surface area contributed by atoms with Crippen molar-refractivity contribution in [2.75, 3.05) is 7.05 Å². The molecule has 1 N–H and O–H groups in total. The Kier molecular flexibility index (Phi) is 3.75. The first-order valence-corrected chi connectivity index (χ1v) is 6.53. The van der Waals surface area contributed by atoms with E-state index in [9.17, 15) is 14.7 Å². The van der Waals surface area contributed by atoms with E-state index in [1.165, 1.54) is 4.90 Å². The maximum absolute atomic E-state index is 11.9. The van der Waals surface area contributed by atoms with Crippen LogP contribution in [0.3, 0.4) is 0 Å². The number of hydrogen-bond acceptors (Lipinski definition) is 3. The third-order valence-corrected chi connectivity index (χ3v) is 3.73. The lowest BCUT2D eigenvalue weighted by Crippen LogP contribution is -2.35. The molecule has 1 fully saturated rings. The van der Waals surface area contributed by atoms with E-state index in [1.54, 1.807) is 19.2 Å². The SMILES string of the molecule is CN1C(=O)CCCC(C(=O)O)C1c1ccc(Br)o1. The van der Waals surface area contributed by atoms with E-state index in [2.05, 4.69) is 15.9 Å². The molecule has 1 saturated heterocycles. The predicted octanol–water partition coefficient (Wildman–Crippen LogP) is 2.43. The molecule has 1 aliphatic rings. The molecule has 2 heterocycles. The molecule has 0 radical (unpaired) electrons. The molecular formula is C12H14BrNO4. The van der Waals surface area contributed by atoms with Crippen molar-refractivity contribution in [2.45, 2.75) is 25.3 Å². The number of likely N-dealkylation sites (tertiary alicyclic amines) is 1. The lowest BCUT2D eigenvalue weighted by molar-refractivity contribution is -0.145. The van der Waals surface area contributed by atoms with Crippen LogP contribution in [-0.2, 0) is 9.59 Å². The number of aliphatic carboxylic acids is 1. The van der Waals surface area contributed by atoms with Gasteiger partial charge in [0.25, 0.3) is 0 Å². The van der Waals surface area contributed by atoms with Crippen molar-refractivity contribution < 1.29 is 19.1 Å². The minimum Gasteiger partial charge on any atom is -0.481 e. The summed E-state index contributed by atoms with van der Waals surface area (Å²) in [6.45, 7) is 0. The Morgan fingerprint density at radius 3 is 2.83 bits per heavy atom. The van der Waals surface area contributed by atoms with E-state index in [0.29, 0.717) is 29.7 Å². The van der Waals surface area contributed by atoms with Crippen LogP contribution in [0.2, 0.25) is 0 Å². The first kappa shape index (κ1) is 13.1. The van der Waals surface area contributed by atoms with Crippen LogP contribution in [0.15, 0.2) is 21.2 Å². The smallest absolute Gasteiger partial charge is 0.309 e. The number of carboxylic acids is 1. The average molecular weight is 316 g/mol. The van der Waals surface area contributed by atoms with Gasteiger partial charge in [-0.3, -0.25) is 9.59 Å². The molecule has 2 atom stereocenters. The first-order valence-electron chi connectivity index (χ1n) is 5.74. The zero-order valence-electron chi connectivity index (χ0n) is 9.93. The van der Waals surface area contributed by atoms with E-state index in [4.69, 9.17) is 4.42 Å². The van der Waals surface area contributed by atoms with Gasteiger partial charge in [0.2, 0.25) is 5.91 Å². The lowest BCUT2D eigenvalue weighted by atomic mass is 9.93. The number of carboxylic acid groups (broad SMARTS) is 1. The van der Waals surface area contributed by atoms with Gasteiger partial charge in [-0.2, -0.15) is 0 Å². The van der Waals surface area contributed by atoms with Crippen LogP contribution in [0.1, 0.15) is 31.1 Å². The highest BCUT2D eigenvalue weighted by Gasteiger charge is 2.38. The van der Waals surface area contributed by atoms with Crippen LogP contribution in [0.4, 0.5) is 0 Å². The average Bonchev–Trinajstić information content (AvgIpc) is 2.66. The Labute approximate surface area is 113 Å². The van der Waals surface area contributed by atoms with Gasteiger partial charge in [-0.15, -0.1) is 0 Å². The maximum atomic E-state index is 11.9. The molecule has 1 aromatic heterocycles. The lowest BCUT2D eigenvalue weighted by Gasteiger charge is -2.28. The Hall–Kier alpha value is -1.30. The van der Waals surface area contributed by atoms with Crippen LogP contribution in [-0.4, -0.2) is 28.9 Å². The summed E-state index contributed by atoms with van der Waals surface area (Å²) in [5.74, 6) is -1.06. The highest BCUT2D eigenvalue weighted by Crippen LogP contribution is 2.36. The van der Waals surface area contributed by atoms with Crippen molar-refractivity contribution >= 4 is 27.8 Å². The fraction of sp³-hybridized carbons (Fsp3) is 0.500. The molecule has 1 amide bonds. The molecule has 5 nitrogen and oxygen atoms in total. The molecule has 1 aliphatic heterocycles. The summed E-state index contributed by atoms with van der Waals surface area (Å²) in [5, 5.41) is 9.31. The van der Waals surface area contributed by atoms with Gasteiger partial charge >= 0.3 is 5.97 Å². The van der Waals surface area contributed by atoms with Gasteiger partial charge in [0.15, 0.2) is 4.67 Å². The third kappa shape index (κ3) is 2.43. The summed E-state index contributed by atoms with van der Waals surface area (Å²) in [4.78, 5) is 24.7. The molecule has 2 unspecified atom stereocenters. The number of carbonyl (C=O) groups excluding carboxylic acids is 1. The number of nitrogens with zero attached hydrogens (tertiary/aromatic N) is 1. The Morgan fingerprint density at radius 1 is 1.56 bits per heavy atom. The van der Waals surface area contributed by atoms with Crippen molar-refractivity contribution in [2.24, 2.45) is 5.92 Å². The molecule has 0 aliphatic carbocycles. The molecular weight excluding hydrogens is 302 g/mol. The minimum absolute atomic E-state index is 0.0451. The zero-order chi connectivity index (χ0) is 13.3. The number of amides is 1. The van der Waals surface area contributed by atoms with E-state index in [1.807, 2.05) is 0 Å². The standard InChI is InChI=1S/C12H14BrNO4/c1-14-10(15)4-2-3-7(12(16)17)11(14)8-5-6-9(13)18-8/h5-7,11H,2-4H2,1H3,(H,16,17). The molecule has 18 heavy (non-hydrogen) atoms. The number of hydrogen-bond donors (Lipinski definition) is 1. The van der Waals surface area contributed by atoms with Crippen molar-refractivity contribution in [1.29, 1.82) is 0 Å². The number of rotatable bonds is 2. The Balaban J connectivity index is 2.40. The van der Waals surface area contributed by atoms with Crippen LogP contribution >= 0.6 is 15.9 Å². The van der Waals surface area contributed by atoms with Crippen LogP contribution < -0.4 is 0 Å². The second kappa shape index (κ2) is 5.14. The van der Waals surface area contributed by atoms with Gasteiger partial charge in [-0.1, -0.05) is 0 Å². The number of halogens is 1. The highest BCUT2D eigenvalue weighted by molar-refractivity contribution is 9.10. The van der Waals surface area contributed by atoms with Gasteiger partial charge in [0.05, 0.1) is 5.92 Å². The monoisotopic (exact) mass is 315 g/mol. The van der Waals surface area contributed by atoms with Gasteiger partial charge in [0, 0.05) is 13.5 Å². The van der Waals surface area contributed by atoms with Gasteiger partial charge < -0.3 is 14.4 Å². The minimum atomic E-state index is -0.894. The maximum Gasteiger partial charge on any atom is 0.309 e. The molecule has 0 bridgehead atoms. The number of carbonyl (C=O) groups is 2. The molecule has 2 rings (SSSR count). The Morgan fingerprint density at radius 2 is 2.28 bits per heavy atom. The molecule has 0 spiro atoms. The second-order valence-corrected chi connectivity index (χ2v) is 5.21. The normalized spacial score (nSPS) is 25.0. The summed E-state index contributed by atoms with van der Waals surface area (Å²) in [5.41, 5.74) is 0. The van der Waals surface area contributed by atoms with E-state index in [-0.39, 0.29) is 5.91 Å². The topological polar surface area (TPSA) is 70.8 Å². The van der Waals surface area contributed by atoms with Crippen LogP contribution in [0, 0.1) is 5.92 Å².